The number of carbonyl (C=O) groups is 1. The van der Waals surface area contributed by atoms with Crippen molar-refractivity contribution in [3.05, 3.63) is 24.3 Å². The molecule has 2 nitrogen and oxygen atoms in total. The normalized spacial score (nSPS) is 11.5. The molecule has 14 heavy (non-hydrogen) atoms. The summed E-state index contributed by atoms with van der Waals surface area (Å²) >= 11 is 0. The third-order valence-corrected chi connectivity index (χ3v) is 1.94. The van der Waals surface area contributed by atoms with E-state index >= 15 is 0 Å². The van der Waals surface area contributed by atoms with E-state index in [0.29, 0.717) is 0 Å². The van der Waals surface area contributed by atoms with Gasteiger partial charge >= 0.3 is 0 Å². The minimum atomic E-state index is -0.932. The number of rotatable bonds is 8. The van der Waals surface area contributed by atoms with Crippen molar-refractivity contribution in [1.29, 1.82) is 0 Å². The highest BCUT2D eigenvalue weighted by Gasteiger charge is 1.89. The van der Waals surface area contributed by atoms with Crippen LogP contribution in [0.4, 0.5) is 0 Å². The van der Waals surface area contributed by atoms with E-state index in [2.05, 4.69) is 6.08 Å². The number of allylic oxidation sites excluding steroid dienone is 4. The van der Waals surface area contributed by atoms with Crippen LogP contribution in [-0.4, -0.2) is 5.97 Å². The summed E-state index contributed by atoms with van der Waals surface area (Å²) in [6.07, 6.45) is 13.5. The molecule has 0 N–H and O–H groups in total. The topological polar surface area (TPSA) is 40.1 Å². The molecule has 0 saturated heterocycles. The number of hydrogen-bond acceptors (Lipinski definition) is 2. The Balaban J connectivity index is 3.10. The average Bonchev–Trinajstić information content (AvgIpc) is 2.15. The molecule has 0 aliphatic carbocycles. The summed E-state index contributed by atoms with van der Waals surface area (Å²) in [6.45, 7) is 1.99. The van der Waals surface area contributed by atoms with E-state index in [1.807, 2.05) is 25.2 Å². The van der Waals surface area contributed by atoms with E-state index in [1.54, 1.807) is 0 Å². The number of hydrogen-bond donors (Lipinski definition) is 0. The van der Waals surface area contributed by atoms with Crippen LogP contribution in [0.1, 0.15) is 45.4 Å². The number of unbranched alkanes of at least 4 members (excludes halogenated alkanes) is 4. The molecule has 0 spiro atoms. The van der Waals surface area contributed by atoms with Crippen molar-refractivity contribution in [2.45, 2.75) is 45.4 Å². The summed E-state index contributed by atoms with van der Waals surface area (Å²) in [4.78, 5) is 10.1. The fourth-order valence-electron chi connectivity index (χ4n) is 1.17. The van der Waals surface area contributed by atoms with Crippen molar-refractivity contribution < 1.29 is 9.90 Å². The van der Waals surface area contributed by atoms with Crippen molar-refractivity contribution in [3.8, 4) is 0 Å². The van der Waals surface area contributed by atoms with Gasteiger partial charge in [-0.2, -0.15) is 0 Å². The van der Waals surface area contributed by atoms with E-state index in [9.17, 15) is 9.90 Å². The molecule has 0 atom stereocenters. The summed E-state index contributed by atoms with van der Waals surface area (Å²) in [7, 11) is 0. The lowest BCUT2D eigenvalue weighted by Gasteiger charge is -2.00. The van der Waals surface area contributed by atoms with Crippen LogP contribution in [0, 0.1) is 0 Å². The highest BCUT2D eigenvalue weighted by molar-refractivity contribution is 5.63. The average molecular weight is 195 g/mol. The maximum atomic E-state index is 10.1. The van der Waals surface area contributed by atoms with E-state index in [1.165, 1.54) is 0 Å². The Hall–Kier alpha value is -1.05. The van der Waals surface area contributed by atoms with Crippen LogP contribution in [0.25, 0.3) is 0 Å². The van der Waals surface area contributed by atoms with E-state index in [4.69, 9.17) is 0 Å². The second-order valence-electron chi connectivity index (χ2n) is 3.28. The van der Waals surface area contributed by atoms with E-state index < -0.39 is 5.97 Å². The molecule has 0 aliphatic rings. The molecule has 0 aliphatic heterocycles. The van der Waals surface area contributed by atoms with Crippen LogP contribution in [0.2, 0.25) is 0 Å². The van der Waals surface area contributed by atoms with Gasteiger partial charge in [0.25, 0.3) is 0 Å². The monoisotopic (exact) mass is 195 g/mol. The minimum absolute atomic E-state index is 0.203. The van der Waals surface area contributed by atoms with Gasteiger partial charge in [0.05, 0.1) is 0 Å². The largest absolute Gasteiger partial charge is 0.550 e. The van der Waals surface area contributed by atoms with Gasteiger partial charge in [-0.3, -0.25) is 0 Å². The zero-order chi connectivity index (χ0) is 10.6. The minimum Gasteiger partial charge on any atom is -0.550 e. The van der Waals surface area contributed by atoms with Crippen molar-refractivity contribution in [2.24, 2.45) is 0 Å². The molecule has 0 unspecified atom stereocenters. The lowest BCUT2D eigenvalue weighted by atomic mass is 10.1. The first-order valence-corrected chi connectivity index (χ1v) is 5.25. The lowest BCUT2D eigenvalue weighted by molar-refractivity contribution is -0.305. The first-order chi connectivity index (χ1) is 6.77. The van der Waals surface area contributed by atoms with Crippen LogP contribution < -0.4 is 5.11 Å². The maximum absolute atomic E-state index is 10.1. The van der Waals surface area contributed by atoms with Gasteiger partial charge < -0.3 is 9.90 Å². The quantitative estimate of drug-likeness (QED) is 0.440. The van der Waals surface area contributed by atoms with E-state index in [0.717, 1.165) is 32.1 Å². The predicted molar refractivity (Wildman–Crippen MR) is 56.7 cm³/mol. The van der Waals surface area contributed by atoms with Gasteiger partial charge in [-0.1, -0.05) is 37.1 Å². The molecule has 2 heteroatoms. The smallest absolute Gasteiger partial charge is 0.0414 e. The molecule has 80 valence electrons. The summed E-state index contributed by atoms with van der Waals surface area (Å²) in [5.74, 6) is -0.932. The molecular weight excluding hydrogens is 176 g/mol. The van der Waals surface area contributed by atoms with Crippen LogP contribution in [0.3, 0.4) is 0 Å². The number of aliphatic carboxylic acids is 1. The Kier molecular flexibility index (Phi) is 9.28. The van der Waals surface area contributed by atoms with Gasteiger partial charge in [-0.15, -0.1) is 0 Å². The zero-order valence-corrected chi connectivity index (χ0v) is 8.87. The summed E-state index contributed by atoms with van der Waals surface area (Å²) in [5, 5.41) is 10.1. The second-order valence-corrected chi connectivity index (χ2v) is 3.28. The first kappa shape index (κ1) is 12.9. The van der Waals surface area contributed by atoms with Crippen LogP contribution in [0.15, 0.2) is 24.3 Å². The third-order valence-electron chi connectivity index (χ3n) is 1.94. The molecule has 0 aromatic heterocycles. The summed E-state index contributed by atoms with van der Waals surface area (Å²) in [6, 6.07) is 0. The van der Waals surface area contributed by atoms with Crippen LogP contribution >= 0.6 is 0 Å². The van der Waals surface area contributed by atoms with Crippen LogP contribution in [0.5, 0.6) is 0 Å². The Morgan fingerprint density at radius 1 is 1.14 bits per heavy atom. The molecule has 0 heterocycles. The third kappa shape index (κ3) is 11.0. The molecule has 0 rings (SSSR count). The van der Waals surface area contributed by atoms with Gasteiger partial charge in [0, 0.05) is 5.97 Å². The second kappa shape index (κ2) is 10.0. The summed E-state index contributed by atoms with van der Waals surface area (Å²) in [5.41, 5.74) is 0. The number of carbonyl (C=O) groups excluding carboxylic acids is 1. The first-order valence-electron chi connectivity index (χ1n) is 5.25. The summed E-state index contributed by atoms with van der Waals surface area (Å²) < 4.78 is 0. The van der Waals surface area contributed by atoms with Gasteiger partial charge in [0.1, 0.15) is 0 Å². The van der Waals surface area contributed by atoms with Gasteiger partial charge in [-0.05, 0) is 32.6 Å². The standard InChI is InChI=1S/C12H20O2/c1-2-3-4-5-6-7-8-9-10-11-12(13)14/h2-5H,6-11H2,1H3,(H,13,14)/p-1/b3-2+,5-4+. The van der Waals surface area contributed by atoms with E-state index in [-0.39, 0.29) is 6.42 Å². The van der Waals surface area contributed by atoms with Crippen molar-refractivity contribution in [1.82, 2.24) is 0 Å². The molecule has 0 amide bonds. The highest BCUT2D eigenvalue weighted by Crippen LogP contribution is 2.05. The molecule has 0 bridgehead atoms. The van der Waals surface area contributed by atoms with Gasteiger partial charge in [-0.25, -0.2) is 0 Å². The van der Waals surface area contributed by atoms with Crippen molar-refractivity contribution in [3.63, 3.8) is 0 Å². The molecular formula is C12H19O2-. The Morgan fingerprint density at radius 3 is 2.50 bits per heavy atom. The molecule has 0 aromatic rings. The Morgan fingerprint density at radius 2 is 1.86 bits per heavy atom. The molecule has 0 aromatic carbocycles. The molecule has 0 saturated carbocycles. The molecule has 0 radical (unpaired) electrons. The lowest BCUT2D eigenvalue weighted by Crippen LogP contribution is -2.21. The fraction of sp³-hybridized carbons (Fsp3) is 0.583. The Bertz CT molecular complexity index is 192. The van der Waals surface area contributed by atoms with Crippen molar-refractivity contribution >= 4 is 5.97 Å². The van der Waals surface area contributed by atoms with Gasteiger partial charge in [0.15, 0.2) is 0 Å². The maximum Gasteiger partial charge on any atom is 0.0414 e. The predicted octanol–water partition coefficient (Wildman–Crippen LogP) is 2.21. The van der Waals surface area contributed by atoms with Crippen LogP contribution in [-0.2, 0) is 4.79 Å². The fourth-order valence-corrected chi connectivity index (χ4v) is 1.17. The SMILES string of the molecule is C/C=C/C=C/CCCCCCC(=O)[O-]. The number of carboxylic acids is 1. The number of carboxylic acid groups (broad SMARTS) is 1. The van der Waals surface area contributed by atoms with Crippen molar-refractivity contribution in [2.75, 3.05) is 0 Å². The highest BCUT2D eigenvalue weighted by atomic mass is 16.4. The van der Waals surface area contributed by atoms with Gasteiger partial charge in [0.2, 0.25) is 0 Å². The zero-order valence-electron chi connectivity index (χ0n) is 8.87. The molecule has 0 fully saturated rings. The Labute approximate surface area is 86.3 Å².